The highest BCUT2D eigenvalue weighted by molar-refractivity contribution is 7.88. The molecule has 1 aliphatic carbocycles. The fourth-order valence-corrected chi connectivity index (χ4v) is 5.95. The fourth-order valence-electron chi connectivity index (χ4n) is 5.19. The van der Waals surface area contributed by atoms with Gasteiger partial charge in [-0.2, -0.15) is 0 Å². The van der Waals surface area contributed by atoms with Crippen molar-refractivity contribution in [1.82, 2.24) is 9.62 Å². The molecule has 1 N–H and O–H groups in total. The number of amidine groups is 1. The van der Waals surface area contributed by atoms with Crippen molar-refractivity contribution in [2.45, 2.75) is 79.3 Å². The first-order valence-electron chi connectivity index (χ1n) is 9.74. The van der Waals surface area contributed by atoms with Crippen LogP contribution in [0.25, 0.3) is 0 Å². The molecule has 0 radical (unpaired) electrons. The third kappa shape index (κ3) is 3.24. The summed E-state index contributed by atoms with van der Waals surface area (Å²) in [5, 5.41) is 0. The van der Waals surface area contributed by atoms with Gasteiger partial charge in [-0.3, -0.25) is 4.99 Å². The minimum absolute atomic E-state index is 0.0823. The van der Waals surface area contributed by atoms with Crippen molar-refractivity contribution < 1.29 is 8.42 Å². The Bertz CT molecular complexity index is 773. The molecule has 2 fully saturated rings. The van der Waals surface area contributed by atoms with Crippen molar-refractivity contribution in [3.05, 3.63) is 11.3 Å². The van der Waals surface area contributed by atoms with Crippen LogP contribution < -0.4 is 4.72 Å². The molecule has 6 heteroatoms. The maximum atomic E-state index is 11.8. The van der Waals surface area contributed by atoms with E-state index in [1.807, 2.05) is 0 Å². The lowest BCUT2D eigenvalue weighted by Gasteiger charge is -2.53. The van der Waals surface area contributed by atoms with Gasteiger partial charge in [0.1, 0.15) is 5.84 Å². The van der Waals surface area contributed by atoms with E-state index in [1.54, 1.807) is 0 Å². The van der Waals surface area contributed by atoms with Crippen LogP contribution in [0.4, 0.5) is 0 Å². The molecule has 3 atom stereocenters. The van der Waals surface area contributed by atoms with Gasteiger partial charge < -0.3 is 4.90 Å². The molecule has 0 aromatic heterocycles. The van der Waals surface area contributed by atoms with E-state index in [0.717, 1.165) is 18.7 Å². The van der Waals surface area contributed by atoms with Crippen LogP contribution in [0.15, 0.2) is 16.3 Å². The Morgan fingerprint density at radius 3 is 2.38 bits per heavy atom. The van der Waals surface area contributed by atoms with E-state index in [1.165, 1.54) is 23.9 Å². The van der Waals surface area contributed by atoms with Crippen LogP contribution in [0.3, 0.4) is 0 Å². The van der Waals surface area contributed by atoms with Gasteiger partial charge in [-0.1, -0.05) is 41.5 Å². The summed E-state index contributed by atoms with van der Waals surface area (Å²) in [7, 11) is -3.23. The van der Waals surface area contributed by atoms with Crippen LogP contribution in [-0.2, 0) is 10.0 Å². The number of rotatable bonds is 2. The number of sulfonamides is 1. The van der Waals surface area contributed by atoms with Crippen LogP contribution in [0, 0.1) is 16.7 Å². The lowest BCUT2D eigenvalue weighted by atomic mass is 9.59. The quantitative estimate of drug-likeness (QED) is 0.796. The second-order valence-electron chi connectivity index (χ2n) is 10.4. The van der Waals surface area contributed by atoms with Gasteiger partial charge in [-0.25, -0.2) is 13.1 Å². The van der Waals surface area contributed by atoms with Crippen LogP contribution in [0.5, 0.6) is 0 Å². The van der Waals surface area contributed by atoms with Gasteiger partial charge in [0.15, 0.2) is 0 Å². The Kier molecular flexibility index (Phi) is 4.44. The van der Waals surface area contributed by atoms with E-state index in [-0.39, 0.29) is 22.4 Å². The van der Waals surface area contributed by atoms with E-state index >= 15 is 0 Å². The number of hydrogen-bond donors (Lipinski definition) is 1. The van der Waals surface area contributed by atoms with E-state index < -0.39 is 10.0 Å². The highest BCUT2D eigenvalue weighted by atomic mass is 32.2. The molecule has 148 valence electrons. The predicted octanol–water partition coefficient (Wildman–Crippen LogP) is 3.54. The highest BCUT2D eigenvalue weighted by Gasteiger charge is 2.53. The van der Waals surface area contributed by atoms with Gasteiger partial charge >= 0.3 is 0 Å². The molecule has 0 amide bonds. The molecule has 0 aromatic rings. The summed E-state index contributed by atoms with van der Waals surface area (Å²) in [4.78, 5) is 7.68. The van der Waals surface area contributed by atoms with E-state index in [0.29, 0.717) is 12.5 Å². The summed E-state index contributed by atoms with van der Waals surface area (Å²) < 4.78 is 26.5. The van der Waals surface area contributed by atoms with E-state index in [4.69, 9.17) is 4.99 Å². The first-order chi connectivity index (χ1) is 11.7. The molecule has 1 saturated carbocycles. The molecular weight excluding hydrogens is 346 g/mol. The standard InChI is InChI=1S/C20H35N3O2S/c1-13-9-10-19(5,6)16-15-11-14(22-26(8,24)25)12-23(15)17(18(2,3)4)21-20(13,16)7/h13-14,22H,9-12H2,1-8H3/t13?,14-,20-/m1/s1. The highest BCUT2D eigenvalue weighted by Crippen LogP contribution is 2.56. The zero-order valence-corrected chi connectivity index (χ0v) is 18.4. The van der Waals surface area contributed by atoms with Crippen LogP contribution in [-0.4, -0.2) is 43.5 Å². The third-order valence-electron chi connectivity index (χ3n) is 6.45. The maximum Gasteiger partial charge on any atom is 0.209 e. The van der Waals surface area contributed by atoms with Crippen molar-refractivity contribution in [3.8, 4) is 0 Å². The number of nitrogens with one attached hydrogen (secondary N) is 1. The third-order valence-corrected chi connectivity index (χ3v) is 7.21. The second-order valence-corrected chi connectivity index (χ2v) is 12.2. The number of nitrogens with zero attached hydrogens (tertiary/aromatic N) is 2. The molecule has 2 heterocycles. The molecule has 2 aliphatic heterocycles. The number of hydrogen-bond acceptors (Lipinski definition) is 4. The summed E-state index contributed by atoms with van der Waals surface area (Å²) in [5.41, 5.74) is 2.54. The normalized spacial score (nSPS) is 34.5. The van der Waals surface area contributed by atoms with Gasteiger partial charge in [-0.05, 0) is 36.7 Å². The molecule has 0 bridgehead atoms. The summed E-state index contributed by atoms with van der Waals surface area (Å²) in [6.07, 6.45) is 4.33. The Hall–Kier alpha value is -0.880. The lowest BCUT2D eigenvalue weighted by Crippen LogP contribution is -2.53. The largest absolute Gasteiger partial charge is 0.332 e. The summed E-state index contributed by atoms with van der Waals surface area (Å²) in [6.45, 7) is 16.5. The van der Waals surface area contributed by atoms with Gasteiger partial charge in [0, 0.05) is 30.1 Å². The van der Waals surface area contributed by atoms with E-state index in [9.17, 15) is 8.42 Å². The predicted molar refractivity (Wildman–Crippen MR) is 108 cm³/mol. The zero-order valence-electron chi connectivity index (χ0n) is 17.6. The van der Waals surface area contributed by atoms with Crippen molar-refractivity contribution in [1.29, 1.82) is 0 Å². The monoisotopic (exact) mass is 381 g/mol. The van der Waals surface area contributed by atoms with Crippen molar-refractivity contribution >= 4 is 15.9 Å². The molecular formula is C20H35N3O2S. The summed E-state index contributed by atoms with van der Waals surface area (Å²) in [6, 6.07) is -0.0876. The molecule has 3 aliphatic rings. The molecule has 3 rings (SSSR count). The molecule has 26 heavy (non-hydrogen) atoms. The fraction of sp³-hybridized carbons (Fsp3) is 0.850. The first kappa shape index (κ1) is 19.9. The zero-order chi connectivity index (χ0) is 19.7. The Balaban J connectivity index is 2.16. The average molecular weight is 382 g/mol. The average Bonchev–Trinajstić information content (AvgIpc) is 2.81. The Labute approximate surface area is 159 Å². The summed E-state index contributed by atoms with van der Waals surface area (Å²) in [5.74, 6) is 1.58. The van der Waals surface area contributed by atoms with Crippen molar-refractivity contribution in [2.75, 3.05) is 12.8 Å². The Morgan fingerprint density at radius 2 is 1.85 bits per heavy atom. The smallest absolute Gasteiger partial charge is 0.209 e. The maximum absolute atomic E-state index is 11.8. The second kappa shape index (κ2) is 5.81. The van der Waals surface area contributed by atoms with Crippen molar-refractivity contribution in [2.24, 2.45) is 21.7 Å². The number of fused-ring (bicyclic) bond motifs is 2. The number of aliphatic imine (C=N–C) groups is 1. The van der Waals surface area contributed by atoms with Gasteiger partial charge in [0.05, 0.1) is 11.8 Å². The first-order valence-corrected chi connectivity index (χ1v) is 11.6. The molecule has 1 unspecified atom stereocenters. The molecule has 1 saturated heterocycles. The van der Waals surface area contributed by atoms with Gasteiger partial charge in [-0.15, -0.1) is 0 Å². The minimum Gasteiger partial charge on any atom is -0.332 e. The molecule has 0 spiro atoms. The molecule has 5 nitrogen and oxygen atoms in total. The molecule has 0 aromatic carbocycles. The minimum atomic E-state index is -3.23. The van der Waals surface area contributed by atoms with Crippen LogP contribution in [0.1, 0.15) is 67.7 Å². The van der Waals surface area contributed by atoms with Crippen LogP contribution >= 0.6 is 0 Å². The lowest BCUT2D eigenvalue weighted by molar-refractivity contribution is 0.179. The summed E-state index contributed by atoms with van der Waals surface area (Å²) >= 11 is 0. The van der Waals surface area contributed by atoms with Gasteiger partial charge in [0.25, 0.3) is 0 Å². The van der Waals surface area contributed by atoms with Crippen molar-refractivity contribution in [3.63, 3.8) is 0 Å². The topological polar surface area (TPSA) is 61.8 Å². The Morgan fingerprint density at radius 1 is 1.23 bits per heavy atom. The van der Waals surface area contributed by atoms with Crippen LogP contribution in [0.2, 0.25) is 0 Å². The SMILES string of the molecule is CC1CCC(C)(C)C2=C3C[C@@H](NS(C)(=O)=O)CN3C(C(C)(C)C)=N[C@@]21C. The van der Waals surface area contributed by atoms with Gasteiger partial charge in [0.2, 0.25) is 10.0 Å². The van der Waals surface area contributed by atoms with E-state index in [2.05, 4.69) is 58.1 Å².